The third kappa shape index (κ3) is 3.67. The van der Waals surface area contributed by atoms with E-state index in [2.05, 4.69) is 4.90 Å². The van der Waals surface area contributed by atoms with Crippen LogP contribution in [-0.2, 0) is 9.53 Å². The molecule has 2 saturated heterocycles. The zero-order valence-electron chi connectivity index (χ0n) is 11.1. The highest BCUT2D eigenvalue weighted by Gasteiger charge is 2.26. The van der Waals surface area contributed by atoms with Crippen LogP contribution in [0.4, 0.5) is 0 Å². The Morgan fingerprint density at radius 3 is 2.72 bits per heavy atom. The van der Waals surface area contributed by atoms with Gasteiger partial charge < -0.3 is 15.4 Å². The van der Waals surface area contributed by atoms with Gasteiger partial charge in [0.25, 0.3) is 0 Å². The van der Waals surface area contributed by atoms with E-state index < -0.39 is 0 Å². The average molecular weight is 255 g/mol. The van der Waals surface area contributed by atoms with E-state index in [1.807, 2.05) is 4.90 Å². The van der Waals surface area contributed by atoms with Gasteiger partial charge in [0.2, 0.25) is 5.91 Å². The monoisotopic (exact) mass is 255 g/mol. The summed E-state index contributed by atoms with van der Waals surface area (Å²) in [5.74, 6) is 0.252. The van der Waals surface area contributed by atoms with Crippen molar-refractivity contribution in [3.05, 3.63) is 0 Å². The summed E-state index contributed by atoms with van der Waals surface area (Å²) in [5, 5.41) is 0. The predicted octanol–water partition coefficient (Wildman–Crippen LogP) is 0.0485. The Hall–Kier alpha value is -0.650. The van der Waals surface area contributed by atoms with Crippen LogP contribution in [0.1, 0.15) is 25.7 Å². The molecule has 0 bridgehead atoms. The van der Waals surface area contributed by atoms with E-state index in [9.17, 15) is 4.79 Å². The molecular weight excluding hydrogens is 230 g/mol. The second-order valence-corrected chi connectivity index (χ2v) is 5.19. The molecule has 2 fully saturated rings. The number of nitrogens with zero attached hydrogens (tertiary/aromatic N) is 2. The predicted molar refractivity (Wildman–Crippen MR) is 70.3 cm³/mol. The molecule has 0 aromatic rings. The summed E-state index contributed by atoms with van der Waals surface area (Å²) in [5.41, 5.74) is 5.66. The van der Waals surface area contributed by atoms with Crippen LogP contribution in [0.3, 0.4) is 0 Å². The minimum atomic E-state index is 0.252. The van der Waals surface area contributed by atoms with Crippen molar-refractivity contribution in [2.75, 3.05) is 45.9 Å². The van der Waals surface area contributed by atoms with Crippen LogP contribution in [0.5, 0.6) is 0 Å². The third-order valence-corrected chi connectivity index (χ3v) is 3.95. The molecule has 1 atom stereocenters. The number of hydrogen-bond acceptors (Lipinski definition) is 4. The quantitative estimate of drug-likeness (QED) is 0.771. The van der Waals surface area contributed by atoms with Gasteiger partial charge in [0.1, 0.15) is 0 Å². The molecule has 5 nitrogen and oxygen atoms in total. The van der Waals surface area contributed by atoms with Crippen LogP contribution in [0.15, 0.2) is 0 Å². The summed E-state index contributed by atoms with van der Waals surface area (Å²) < 4.78 is 5.28. The molecule has 1 amide bonds. The molecule has 0 saturated carbocycles. The zero-order chi connectivity index (χ0) is 12.8. The molecule has 0 aliphatic carbocycles. The number of carbonyl (C=O) groups is 1. The van der Waals surface area contributed by atoms with Gasteiger partial charge in [-0.2, -0.15) is 0 Å². The van der Waals surface area contributed by atoms with Gasteiger partial charge in [-0.15, -0.1) is 0 Å². The standard InChI is InChI=1S/C13H25N3O2/c14-5-4-12-3-1-2-6-16(12)11-13(17)15-7-9-18-10-8-15/h12H,1-11,14H2. The summed E-state index contributed by atoms with van der Waals surface area (Å²) in [6, 6.07) is 0.508. The molecule has 0 spiro atoms. The fourth-order valence-electron chi connectivity index (χ4n) is 2.87. The second-order valence-electron chi connectivity index (χ2n) is 5.19. The molecule has 5 heteroatoms. The minimum absolute atomic E-state index is 0.252. The number of piperidine rings is 1. The second kappa shape index (κ2) is 7.07. The Balaban J connectivity index is 1.83. The molecule has 2 rings (SSSR count). The lowest BCUT2D eigenvalue weighted by atomic mass is 9.99. The van der Waals surface area contributed by atoms with E-state index in [1.165, 1.54) is 19.3 Å². The number of morpholine rings is 1. The van der Waals surface area contributed by atoms with Crippen LogP contribution in [0.2, 0.25) is 0 Å². The molecular formula is C13H25N3O2. The lowest BCUT2D eigenvalue weighted by molar-refractivity contribution is -0.137. The minimum Gasteiger partial charge on any atom is -0.378 e. The molecule has 104 valence electrons. The van der Waals surface area contributed by atoms with Gasteiger partial charge in [-0.25, -0.2) is 0 Å². The fraction of sp³-hybridized carbons (Fsp3) is 0.923. The number of ether oxygens (including phenoxy) is 1. The number of amides is 1. The molecule has 1 unspecified atom stereocenters. The first-order valence-corrected chi connectivity index (χ1v) is 7.11. The first kappa shape index (κ1) is 13.8. The summed E-state index contributed by atoms with van der Waals surface area (Å²) in [6.07, 6.45) is 4.67. The van der Waals surface area contributed by atoms with Gasteiger partial charge >= 0.3 is 0 Å². The number of hydrogen-bond donors (Lipinski definition) is 1. The molecule has 0 aromatic heterocycles. The van der Waals surface area contributed by atoms with Crippen molar-refractivity contribution in [1.29, 1.82) is 0 Å². The Bertz CT molecular complexity index is 265. The molecule has 0 radical (unpaired) electrons. The smallest absolute Gasteiger partial charge is 0.236 e. The van der Waals surface area contributed by atoms with Crippen molar-refractivity contribution in [1.82, 2.24) is 9.80 Å². The van der Waals surface area contributed by atoms with E-state index in [0.29, 0.717) is 32.3 Å². The van der Waals surface area contributed by atoms with Crippen molar-refractivity contribution in [3.63, 3.8) is 0 Å². The summed E-state index contributed by atoms with van der Waals surface area (Å²) in [4.78, 5) is 16.5. The largest absolute Gasteiger partial charge is 0.378 e. The van der Waals surface area contributed by atoms with Crippen molar-refractivity contribution >= 4 is 5.91 Å². The van der Waals surface area contributed by atoms with Crippen LogP contribution >= 0.6 is 0 Å². The van der Waals surface area contributed by atoms with Gasteiger partial charge in [0, 0.05) is 19.1 Å². The first-order chi connectivity index (χ1) is 8.81. The maximum absolute atomic E-state index is 12.2. The molecule has 2 N–H and O–H groups in total. The molecule has 18 heavy (non-hydrogen) atoms. The number of rotatable bonds is 4. The van der Waals surface area contributed by atoms with E-state index >= 15 is 0 Å². The Labute approximate surface area is 109 Å². The number of nitrogens with two attached hydrogens (primary N) is 1. The van der Waals surface area contributed by atoms with Gasteiger partial charge in [0.15, 0.2) is 0 Å². The highest BCUT2D eigenvalue weighted by molar-refractivity contribution is 5.78. The number of likely N-dealkylation sites (tertiary alicyclic amines) is 1. The van der Waals surface area contributed by atoms with Crippen molar-refractivity contribution in [3.8, 4) is 0 Å². The lowest BCUT2D eigenvalue weighted by Gasteiger charge is -2.37. The van der Waals surface area contributed by atoms with Crippen LogP contribution in [0.25, 0.3) is 0 Å². The van der Waals surface area contributed by atoms with Gasteiger partial charge in [-0.1, -0.05) is 6.42 Å². The normalized spacial score (nSPS) is 26.3. The zero-order valence-corrected chi connectivity index (χ0v) is 11.1. The van der Waals surface area contributed by atoms with Gasteiger partial charge in [-0.05, 0) is 32.4 Å². The van der Waals surface area contributed by atoms with Crippen molar-refractivity contribution < 1.29 is 9.53 Å². The van der Waals surface area contributed by atoms with Crippen molar-refractivity contribution in [2.24, 2.45) is 5.73 Å². The third-order valence-electron chi connectivity index (χ3n) is 3.95. The summed E-state index contributed by atoms with van der Waals surface area (Å²) >= 11 is 0. The van der Waals surface area contributed by atoms with Crippen LogP contribution in [0, 0.1) is 0 Å². The molecule has 2 aliphatic rings. The summed E-state index contributed by atoms with van der Waals surface area (Å²) in [7, 11) is 0. The summed E-state index contributed by atoms with van der Waals surface area (Å²) in [6.45, 7) is 5.16. The highest BCUT2D eigenvalue weighted by Crippen LogP contribution is 2.19. The Morgan fingerprint density at radius 2 is 2.00 bits per heavy atom. The first-order valence-electron chi connectivity index (χ1n) is 7.11. The maximum atomic E-state index is 12.2. The molecule has 2 aliphatic heterocycles. The van der Waals surface area contributed by atoms with Crippen LogP contribution in [-0.4, -0.2) is 67.7 Å². The van der Waals surface area contributed by atoms with E-state index in [4.69, 9.17) is 10.5 Å². The van der Waals surface area contributed by atoms with E-state index in [1.54, 1.807) is 0 Å². The van der Waals surface area contributed by atoms with E-state index in [-0.39, 0.29) is 5.91 Å². The number of carbonyl (C=O) groups excluding carboxylic acids is 1. The Morgan fingerprint density at radius 1 is 1.22 bits per heavy atom. The molecule has 0 aromatic carbocycles. The topological polar surface area (TPSA) is 58.8 Å². The lowest BCUT2D eigenvalue weighted by Crippen LogP contribution is -2.49. The fourth-order valence-corrected chi connectivity index (χ4v) is 2.87. The van der Waals surface area contributed by atoms with E-state index in [0.717, 1.165) is 26.1 Å². The Kier molecular flexibility index (Phi) is 5.41. The van der Waals surface area contributed by atoms with Gasteiger partial charge in [0.05, 0.1) is 19.8 Å². The molecule has 2 heterocycles. The highest BCUT2D eigenvalue weighted by atomic mass is 16.5. The van der Waals surface area contributed by atoms with Crippen molar-refractivity contribution in [2.45, 2.75) is 31.7 Å². The maximum Gasteiger partial charge on any atom is 0.236 e. The van der Waals surface area contributed by atoms with Crippen LogP contribution < -0.4 is 5.73 Å². The average Bonchev–Trinajstić information content (AvgIpc) is 2.42. The SMILES string of the molecule is NCCC1CCCCN1CC(=O)N1CCOCC1. The van der Waals surface area contributed by atoms with Gasteiger partial charge in [-0.3, -0.25) is 9.69 Å².